The molecule has 3 rings (SSSR count). The predicted octanol–water partition coefficient (Wildman–Crippen LogP) is 2.01. The van der Waals surface area contributed by atoms with E-state index in [1.165, 1.54) is 18.2 Å². The maximum Gasteiger partial charge on any atom is 0.254 e. The second-order valence-electron chi connectivity index (χ2n) is 4.26. The highest BCUT2D eigenvalue weighted by molar-refractivity contribution is 5.94. The van der Waals surface area contributed by atoms with Crippen LogP contribution < -0.4 is 0 Å². The zero-order chi connectivity index (χ0) is 12.5. The first kappa shape index (κ1) is 11.0. The van der Waals surface area contributed by atoms with Gasteiger partial charge >= 0.3 is 0 Å². The number of amides is 1. The number of rotatable bonds is 1. The van der Waals surface area contributed by atoms with Crippen molar-refractivity contribution in [3.05, 3.63) is 53.2 Å². The monoisotopic (exact) mass is 246 g/mol. The molecule has 1 aromatic heterocycles. The van der Waals surface area contributed by atoms with Crippen LogP contribution >= 0.6 is 0 Å². The SMILES string of the molecule is O=C(c1cccc(F)c1)N1CCc2oncc2C1. The molecular formula is C13H11FN2O2. The van der Waals surface area contributed by atoms with E-state index in [9.17, 15) is 9.18 Å². The van der Waals surface area contributed by atoms with E-state index in [2.05, 4.69) is 5.16 Å². The minimum atomic E-state index is -0.400. The van der Waals surface area contributed by atoms with Crippen molar-refractivity contribution in [2.24, 2.45) is 0 Å². The quantitative estimate of drug-likeness (QED) is 0.773. The summed E-state index contributed by atoms with van der Waals surface area (Å²) in [6.07, 6.45) is 2.27. The molecule has 0 N–H and O–H groups in total. The molecule has 0 bridgehead atoms. The molecule has 2 heterocycles. The maximum atomic E-state index is 13.1. The zero-order valence-electron chi connectivity index (χ0n) is 9.60. The van der Waals surface area contributed by atoms with Gasteiger partial charge in [0.15, 0.2) is 0 Å². The molecule has 92 valence electrons. The van der Waals surface area contributed by atoms with E-state index in [1.807, 2.05) is 0 Å². The van der Waals surface area contributed by atoms with Crippen molar-refractivity contribution < 1.29 is 13.7 Å². The minimum absolute atomic E-state index is 0.165. The Hall–Kier alpha value is -2.17. The molecule has 0 aliphatic carbocycles. The van der Waals surface area contributed by atoms with E-state index in [4.69, 9.17) is 4.52 Å². The summed E-state index contributed by atoms with van der Waals surface area (Å²) in [5.74, 6) is 0.267. The lowest BCUT2D eigenvalue weighted by Crippen LogP contribution is -2.35. The average molecular weight is 246 g/mol. The lowest BCUT2D eigenvalue weighted by molar-refractivity contribution is 0.0728. The summed E-state index contributed by atoms with van der Waals surface area (Å²) in [4.78, 5) is 13.9. The molecule has 1 aliphatic rings. The molecule has 0 atom stereocenters. The third-order valence-corrected chi connectivity index (χ3v) is 3.06. The third-order valence-electron chi connectivity index (χ3n) is 3.06. The molecule has 1 amide bonds. The standard InChI is InChI=1S/C13H11FN2O2/c14-11-3-1-2-9(6-11)13(17)16-5-4-12-10(8-16)7-15-18-12/h1-3,6-7H,4-5,8H2. The fourth-order valence-electron chi connectivity index (χ4n) is 2.12. The summed E-state index contributed by atoms with van der Waals surface area (Å²) in [5.41, 5.74) is 1.29. The molecule has 2 aromatic rings. The highest BCUT2D eigenvalue weighted by Gasteiger charge is 2.24. The number of hydrogen-bond donors (Lipinski definition) is 0. The van der Waals surface area contributed by atoms with Crippen LogP contribution in [-0.4, -0.2) is 22.5 Å². The highest BCUT2D eigenvalue weighted by atomic mass is 19.1. The first-order valence-electron chi connectivity index (χ1n) is 5.71. The Morgan fingerprint density at radius 3 is 3.17 bits per heavy atom. The van der Waals surface area contributed by atoms with E-state index >= 15 is 0 Å². The summed E-state index contributed by atoms with van der Waals surface area (Å²) in [6, 6.07) is 5.74. The van der Waals surface area contributed by atoms with Crippen LogP contribution in [0.4, 0.5) is 4.39 Å². The summed E-state index contributed by atoms with van der Waals surface area (Å²) in [5, 5.41) is 3.71. The number of aromatic nitrogens is 1. The molecule has 0 saturated heterocycles. The van der Waals surface area contributed by atoms with Crippen molar-refractivity contribution >= 4 is 5.91 Å². The summed E-state index contributed by atoms with van der Waals surface area (Å²) in [7, 11) is 0. The molecule has 4 nitrogen and oxygen atoms in total. The predicted molar refractivity (Wildman–Crippen MR) is 61.3 cm³/mol. The zero-order valence-corrected chi connectivity index (χ0v) is 9.60. The molecule has 18 heavy (non-hydrogen) atoms. The van der Waals surface area contributed by atoms with Crippen molar-refractivity contribution in [2.75, 3.05) is 6.54 Å². The second-order valence-corrected chi connectivity index (χ2v) is 4.26. The molecule has 0 saturated carbocycles. The molecule has 1 aliphatic heterocycles. The van der Waals surface area contributed by atoms with Crippen LogP contribution in [0.25, 0.3) is 0 Å². The largest absolute Gasteiger partial charge is 0.361 e. The van der Waals surface area contributed by atoms with Crippen LogP contribution in [-0.2, 0) is 13.0 Å². The van der Waals surface area contributed by atoms with Crippen molar-refractivity contribution in [3.63, 3.8) is 0 Å². The summed E-state index contributed by atoms with van der Waals surface area (Å²) in [6.45, 7) is 1.03. The molecule has 0 fully saturated rings. The van der Waals surface area contributed by atoms with Gasteiger partial charge in [0.2, 0.25) is 0 Å². The number of fused-ring (bicyclic) bond motifs is 1. The van der Waals surface area contributed by atoms with Gasteiger partial charge in [-0.3, -0.25) is 4.79 Å². The van der Waals surface area contributed by atoms with E-state index < -0.39 is 5.82 Å². The van der Waals surface area contributed by atoms with Gasteiger partial charge in [0, 0.05) is 24.1 Å². The van der Waals surface area contributed by atoms with Gasteiger partial charge in [0.25, 0.3) is 5.91 Å². The molecule has 0 unspecified atom stereocenters. The van der Waals surface area contributed by atoms with Gasteiger partial charge in [-0.1, -0.05) is 11.2 Å². The Morgan fingerprint density at radius 2 is 2.33 bits per heavy atom. The Morgan fingerprint density at radius 1 is 1.44 bits per heavy atom. The van der Waals surface area contributed by atoms with Crippen LogP contribution in [0.2, 0.25) is 0 Å². The Balaban J connectivity index is 1.83. The Bertz CT molecular complexity index is 594. The Kier molecular flexibility index (Phi) is 2.59. The fourth-order valence-corrected chi connectivity index (χ4v) is 2.12. The number of halogens is 1. The second kappa shape index (κ2) is 4.25. The lowest BCUT2D eigenvalue weighted by atomic mass is 10.1. The van der Waals surface area contributed by atoms with Crippen LogP contribution in [0.1, 0.15) is 21.7 Å². The minimum Gasteiger partial charge on any atom is -0.361 e. The molecule has 5 heteroatoms. The normalized spacial score (nSPS) is 14.4. The molecule has 1 aromatic carbocycles. The molecule has 0 spiro atoms. The van der Waals surface area contributed by atoms with Crippen LogP contribution in [0.15, 0.2) is 35.0 Å². The van der Waals surface area contributed by atoms with Crippen molar-refractivity contribution in [2.45, 2.75) is 13.0 Å². The van der Waals surface area contributed by atoms with Crippen LogP contribution in [0, 0.1) is 5.82 Å². The van der Waals surface area contributed by atoms with Crippen LogP contribution in [0.5, 0.6) is 0 Å². The van der Waals surface area contributed by atoms with Gasteiger partial charge in [-0.2, -0.15) is 0 Å². The van der Waals surface area contributed by atoms with Crippen molar-refractivity contribution in [3.8, 4) is 0 Å². The third kappa shape index (κ3) is 1.88. The van der Waals surface area contributed by atoms with E-state index in [-0.39, 0.29) is 5.91 Å². The summed E-state index contributed by atoms with van der Waals surface area (Å²) < 4.78 is 18.1. The van der Waals surface area contributed by atoms with E-state index in [1.54, 1.807) is 17.2 Å². The number of carbonyl (C=O) groups excluding carboxylic acids is 1. The Labute approximate surface area is 103 Å². The van der Waals surface area contributed by atoms with Gasteiger partial charge < -0.3 is 9.42 Å². The van der Waals surface area contributed by atoms with E-state index in [0.717, 1.165) is 11.3 Å². The number of nitrogens with zero attached hydrogens (tertiary/aromatic N) is 2. The number of benzene rings is 1. The van der Waals surface area contributed by atoms with Crippen LogP contribution in [0.3, 0.4) is 0 Å². The fraction of sp³-hybridized carbons (Fsp3) is 0.231. The lowest BCUT2D eigenvalue weighted by Gasteiger charge is -2.25. The number of hydrogen-bond acceptors (Lipinski definition) is 3. The van der Waals surface area contributed by atoms with Gasteiger partial charge in [0.05, 0.1) is 12.7 Å². The van der Waals surface area contributed by atoms with Gasteiger partial charge in [-0.25, -0.2) is 4.39 Å². The maximum absolute atomic E-state index is 13.1. The topological polar surface area (TPSA) is 46.3 Å². The van der Waals surface area contributed by atoms with Gasteiger partial charge in [-0.15, -0.1) is 0 Å². The smallest absolute Gasteiger partial charge is 0.254 e. The summed E-state index contributed by atoms with van der Waals surface area (Å²) >= 11 is 0. The van der Waals surface area contributed by atoms with E-state index in [0.29, 0.717) is 25.1 Å². The molecular weight excluding hydrogens is 235 g/mol. The first-order valence-corrected chi connectivity index (χ1v) is 5.71. The first-order chi connectivity index (χ1) is 8.74. The molecule has 0 radical (unpaired) electrons. The van der Waals surface area contributed by atoms with Crippen molar-refractivity contribution in [1.29, 1.82) is 0 Å². The van der Waals surface area contributed by atoms with Gasteiger partial charge in [0.1, 0.15) is 11.6 Å². The number of carbonyl (C=O) groups is 1. The van der Waals surface area contributed by atoms with Gasteiger partial charge in [-0.05, 0) is 18.2 Å². The average Bonchev–Trinajstić information content (AvgIpc) is 2.85. The van der Waals surface area contributed by atoms with Crippen molar-refractivity contribution in [1.82, 2.24) is 10.1 Å². The highest BCUT2D eigenvalue weighted by Crippen LogP contribution is 2.20.